The minimum absolute atomic E-state index is 0.136. The summed E-state index contributed by atoms with van der Waals surface area (Å²) in [5, 5.41) is 21.9. The molecule has 0 saturated carbocycles. The van der Waals surface area contributed by atoms with Gasteiger partial charge < -0.3 is 19.9 Å². The summed E-state index contributed by atoms with van der Waals surface area (Å²) in [6.45, 7) is 2.61. The van der Waals surface area contributed by atoms with Gasteiger partial charge in [0.1, 0.15) is 5.75 Å². The highest BCUT2D eigenvalue weighted by atomic mass is 16.5. The summed E-state index contributed by atoms with van der Waals surface area (Å²) < 4.78 is 11.7. The van der Waals surface area contributed by atoms with E-state index in [1.807, 2.05) is 30.3 Å². The van der Waals surface area contributed by atoms with Crippen LogP contribution in [-0.4, -0.2) is 26.9 Å². The Morgan fingerprint density at radius 3 is 2.78 bits per heavy atom. The van der Waals surface area contributed by atoms with Gasteiger partial charge in [-0.1, -0.05) is 48.8 Å². The van der Waals surface area contributed by atoms with Gasteiger partial charge in [-0.3, -0.25) is 0 Å². The molecule has 7 nitrogen and oxygen atoms in total. The van der Waals surface area contributed by atoms with Gasteiger partial charge in [-0.05, 0) is 24.6 Å². The number of anilines is 1. The monoisotopic (exact) mass is 364 g/mol. The zero-order chi connectivity index (χ0) is 18.6. The molecule has 0 fully saturated rings. The Labute approximate surface area is 157 Å². The van der Waals surface area contributed by atoms with Gasteiger partial charge >= 0.3 is 6.01 Å². The number of fused-ring (bicyclic) bond motifs is 3. The first-order chi connectivity index (χ1) is 13.3. The number of hydrogen-bond donors (Lipinski definition) is 2. The van der Waals surface area contributed by atoms with Crippen LogP contribution in [0, 0.1) is 0 Å². The van der Waals surface area contributed by atoms with E-state index in [1.54, 1.807) is 18.2 Å². The maximum Gasteiger partial charge on any atom is 0.339 e. The van der Waals surface area contributed by atoms with Crippen LogP contribution >= 0.6 is 0 Å². The predicted octanol–water partition coefficient (Wildman–Crippen LogP) is 3.93. The highest BCUT2D eigenvalue weighted by Gasteiger charge is 2.27. The number of ether oxygens (including phenoxy) is 2. The number of nitrogens with one attached hydrogen (secondary N) is 1. The Hall–Kier alpha value is -3.35. The minimum Gasteiger partial charge on any atom is -0.507 e. The number of unbranched alkanes of at least 4 members (excludes halogenated alkanes) is 1. The molecular formula is C20H20N4O3. The van der Waals surface area contributed by atoms with Crippen LogP contribution in [0.15, 0.2) is 48.5 Å². The molecule has 1 atom stereocenters. The first kappa shape index (κ1) is 17.1. The second-order valence-corrected chi connectivity index (χ2v) is 6.20. The lowest BCUT2D eigenvalue weighted by atomic mass is 10.1. The Morgan fingerprint density at radius 1 is 1.11 bits per heavy atom. The van der Waals surface area contributed by atoms with Crippen molar-refractivity contribution in [1.82, 2.24) is 15.2 Å². The topological polar surface area (TPSA) is 89.4 Å². The van der Waals surface area contributed by atoms with Gasteiger partial charge in [0.05, 0.1) is 12.2 Å². The third-order valence-electron chi connectivity index (χ3n) is 4.28. The predicted molar refractivity (Wildman–Crippen MR) is 101 cm³/mol. The third-order valence-corrected chi connectivity index (χ3v) is 4.28. The Morgan fingerprint density at radius 2 is 1.93 bits per heavy atom. The van der Waals surface area contributed by atoms with Crippen LogP contribution in [0.25, 0.3) is 11.3 Å². The maximum absolute atomic E-state index is 10.3. The molecule has 3 aromatic rings. The van der Waals surface area contributed by atoms with E-state index in [9.17, 15) is 5.11 Å². The number of aromatic nitrogens is 3. The molecule has 0 bridgehead atoms. The molecule has 138 valence electrons. The maximum atomic E-state index is 10.3. The fourth-order valence-corrected chi connectivity index (χ4v) is 2.87. The minimum atomic E-state index is -0.631. The highest BCUT2D eigenvalue weighted by Crippen LogP contribution is 2.40. The van der Waals surface area contributed by atoms with Crippen molar-refractivity contribution in [3.63, 3.8) is 0 Å². The Balaban J connectivity index is 1.76. The first-order valence-electron chi connectivity index (χ1n) is 8.94. The van der Waals surface area contributed by atoms with Crippen molar-refractivity contribution in [1.29, 1.82) is 0 Å². The Kier molecular flexibility index (Phi) is 4.74. The summed E-state index contributed by atoms with van der Waals surface area (Å²) in [6, 6.07) is 14.9. The molecule has 1 aliphatic heterocycles. The van der Waals surface area contributed by atoms with Gasteiger partial charge in [0.2, 0.25) is 12.1 Å². The molecule has 4 rings (SSSR count). The van der Waals surface area contributed by atoms with Gasteiger partial charge in [-0.15, -0.1) is 5.10 Å². The number of para-hydroxylation sites is 2. The molecule has 0 radical (unpaired) electrons. The fourth-order valence-electron chi connectivity index (χ4n) is 2.87. The van der Waals surface area contributed by atoms with E-state index >= 15 is 0 Å². The van der Waals surface area contributed by atoms with Gasteiger partial charge in [0, 0.05) is 11.3 Å². The molecule has 2 aromatic carbocycles. The standard InChI is InChI=1S/C20H20N4O3/c1-2-3-12-26-20-22-19-17(23-24-20)13-8-4-6-10-15(13)21-18(27-19)14-9-5-7-11-16(14)25/h4-11,18,21,25H,2-3,12H2,1H3. The molecule has 0 spiro atoms. The van der Waals surface area contributed by atoms with Gasteiger partial charge in [-0.2, -0.15) is 4.98 Å². The van der Waals surface area contributed by atoms with Crippen LogP contribution in [0.3, 0.4) is 0 Å². The lowest BCUT2D eigenvalue weighted by Gasteiger charge is -2.20. The van der Waals surface area contributed by atoms with E-state index in [0.29, 0.717) is 23.7 Å². The highest BCUT2D eigenvalue weighted by molar-refractivity contribution is 5.79. The van der Waals surface area contributed by atoms with Crippen LogP contribution in [0.4, 0.5) is 5.69 Å². The first-order valence-corrected chi connectivity index (χ1v) is 8.94. The number of aromatic hydroxyl groups is 1. The van der Waals surface area contributed by atoms with Gasteiger partial charge in [0.15, 0.2) is 5.69 Å². The molecule has 1 unspecified atom stereocenters. The van der Waals surface area contributed by atoms with Crippen molar-refractivity contribution >= 4 is 5.69 Å². The summed E-state index contributed by atoms with van der Waals surface area (Å²) in [5.41, 5.74) is 2.77. The van der Waals surface area contributed by atoms with Crippen molar-refractivity contribution in [2.75, 3.05) is 11.9 Å². The van der Waals surface area contributed by atoms with Gasteiger partial charge in [0.25, 0.3) is 0 Å². The lowest BCUT2D eigenvalue weighted by Crippen LogP contribution is -2.17. The van der Waals surface area contributed by atoms with Crippen LogP contribution < -0.4 is 14.8 Å². The molecule has 0 saturated heterocycles. The van der Waals surface area contributed by atoms with E-state index in [0.717, 1.165) is 24.1 Å². The lowest BCUT2D eigenvalue weighted by molar-refractivity contribution is 0.214. The van der Waals surface area contributed by atoms with Crippen molar-refractivity contribution in [2.45, 2.75) is 26.0 Å². The average Bonchev–Trinajstić information content (AvgIpc) is 2.85. The summed E-state index contributed by atoms with van der Waals surface area (Å²) in [4.78, 5) is 4.41. The zero-order valence-corrected chi connectivity index (χ0v) is 14.9. The average molecular weight is 364 g/mol. The normalized spacial score (nSPS) is 14.9. The second-order valence-electron chi connectivity index (χ2n) is 6.20. The summed E-state index contributed by atoms with van der Waals surface area (Å²) >= 11 is 0. The van der Waals surface area contributed by atoms with E-state index in [4.69, 9.17) is 9.47 Å². The molecule has 1 aliphatic rings. The largest absolute Gasteiger partial charge is 0.507 e. The summed E-state index contributed by atoms with van der Waals surface area (Å²) in [6.07, 6.45) is 1.29. The van der Waals surface area contributed by atoms with E-state index < -0.39 is 6.23 Å². The molecule has 7 heteroatoms. The number of rotatable bonds is 5. The molecule has 1 aromatic heterocycles. The van der Waals surface area contributed by atoms with Crippen molar-refractivity contribution in [3.05, 3.63) is 54.1 Å². The van der Waals surface area contributed by atoms with Crippen molar-refractivity contribution in [3.8, 4) is 28.9 Å². The second kappa shape index (κ2) is 7.49. The molecule has 0 amide bonds. The zero-order valence-electron chi connectivity index (χ0n) is 14.9. The Bertz CT molecular complexity index is 948. The third kappa shape index (κ3) is 3.48. The van der Waals surface area contributed by atoms with Crippen LogP contribution in [-0.2, 0) is 0 Å². The number of benzene rings is 2. The van der Waals surface area contributed by atoms with Crippen LogP contribution in [0.1, 0.15) is 31.6 Å². The number of phenols is 1. The molecular weight excluding hydrogens is 344 g/mol. The molecule has 0 aliphatic carbocycles. The molecule has 2 heterocycles. The number of hydrogen-bond acceptors (Lipinski definition) is 7. The number of nitrogens with zero attached hydrogens (tertiary/aromatic N) is 3. The molecule has 2 N–H and O–H groups in total. The quantitative estimate of drug-likeness (QED) is 0.663. The smallest absolute Gasteiger partial charge is 0.339 e. The SMILES string of the molecule is CCCCOc1nnc2c(n1)OC(c1ccccc1O)Nc1ccccc1-2. The number of phenolic OH excluding ortho intramolecular Hbond substituents is 1. The van der Waals surface area contributed by atoms with Crippen molar-refractivity contribution < 1.29 is 14.6 Å². The van der Waals surface area contributed by atoms with Crippen molar-refractivity contribution in [2.24, 2.45) is 0 Å². The van der Waals surface area contributed by atoms with E-state index in [1.165, 1.54) is 0 Å². The summed E-state index contributed by atoms with van der Waals surface area (Å²) in [7, 11) is 0. The van der Waals surface area contributed by atoms with Gasteiger partial charge in [-0.25, -0.2) is 0 Å². The van der Waals surface area contributed by atoms with Crippen LogP contribution in [0.2, 0.25) is 0 Å². The summed E-state index contributed by atoms with van der Waals surface area (Å²) in [5.74, 6) is 0.444. The van der Waals surface area contributed by atoms with E-state index in [2.05, 4.69) is 27.4 Å². The van der Waals surface area contributed by atoms with E-state index in [-0.39, 0.29) is 11.8 Å². The molecule has 27 heavy (non-hydrogen) atoms. The van der Waals surface area contributed by atoms with Crippen LogP contribution in [0.5, 0.6) is 17.6 Å². The fraction of sp³-hybridized carbons (Fsp3) is 0.250.